The average Bonchev–Trinajstić information content (AvgIpc) is 3.24. The van der Waals surface area contributed by atoms with Crippen LogP contribution >= 0.6 is 0 Å². The number of nitro groups is 1. The number of para-hydroxylation sites is 1. The number of carbonyl (C=O) groups is 2. The van der Waals surface area contributed by atoms with Gasteiger partial charge in [0.25, 0.3) is 5.69 Å². The normalized spacial score (nSPS) is 23.2. The molecule has 8 nitrogen and oxygen atoms in total. The maximum absolute atomic E-state index is 13.8. The van der Waals surface area contributed by atoms with Crippen LogP contribution < -0.4 is 0 Å². The SMILES string of the molecule is O=C1[C@H]2Cc3c([nH]c4ccccc34)[C@H](c3ccc([N+](=O)[O-])cc3)N2C(=O)CN1C1CCCCC1. The highest BCUT2D eigenvalue weighted by molar-refractivity contribution is 5.97. The van der Waals surface area contributed by atoms with Gasteiger partial charge < -0.3 is 14.8 Å². The fourth-order valence-electron chi connectivity index (χ4n) is 6.11. The van der Waals surface area contributed by atoms with Gasteiger partial charge in [-0.1, -0.05) is 37.5 Å². The summed E-state index contributed by atoms with van der Waals surface area (Å²) in [6, 6.07) is 13.4. The molecule has 2 atom stereocenters. The number of aromatic amines is 1. The van der Waals surface area contributed by atoms with Crippen molar-refractivity contribution < 1.29 is 14.5 Å². The molecule has 0 radical (unpaired) electrons. The summed E-state index contributed by atoms with van der Waals surface area (Å²) in [5.41, 5.74) is 3.65. The van der Waals surface area contributed by atoms with Crippen molar-refractivity contribution in [2.24, 2.45) is 0 Å². The van der Waals surface area contributed by atoms with Crippen LogP contribution in [0.1, 0.15) is 55.0 Å². The van der Waals surface area contributed by atoms with Crippen molar-refractivity contribution in [1.82, 2.24) is 14.8 Å². The standard InChI is InChI=1S/C26H26N4O4/c31-23-15-28(17-6-2-1-3-7-17)26(32)22-14-20-19-8-4-5-9-21(19)27-24(20)25(29(22)23)16-10-12-18(13-11-16)30(33)34/h4-5,8-13,17,22,25,27H,1-3,6-7,14-15H2/t22-,25+/m1/s1. The van der Waals surface area contributed by atoms with Crippen molar-refractivity contribution in [3.05, 3.63) is 75.5 Å². The second-order valence-corrected chi connectivity index (χ2v) is 9.59. The first-order chi connectivity index (χ1) is 16.5. The molecule has 2 amide bonds. The number of non-ortho nitro benzene ring substituents is 1. The molecule has 1 saturated carbocycles. The smallest absolute Gasteiger partial charge is 0.269 e. The number of piperazine rings is 1. The monoisotopic (exact) mass is 458 g/mol. The first-order valence-electron chi connectivity index (χ1n) is 12.0. The minimum absolute atomic E-state index is 0.00231. The summed E-state index contributed by atoms with van der Waals surface area (Å²) in [6.45, 7) is 0.0963. The van der Waals surface area contributed by atoms with Gasteiger partial charge in [-0.3, -0.25) is 19.7 Å². The van der Waals surface area contributed by atoms with Crippen LogP contribution in [-0.2, 0) is 16.0 Å². The third kappa shape index (κ3) is 3.20. The highest BCUT2D eigenvalue weighted by atomic mass is 16.6. The van der Waals surface area contributed by atoms with Gasteiger partial charge in [-0.15, -0.1) is 0 Å². The van der Waals surface area contributed by atoms with Crippen molar-refractivity contribution >= 4 is 28.4 Å². The number of carbonyl (C=O) groups excluding carboxylic acids is 2. The van der Waals surface area contributed by atoms with E-state index < -0.39 is 17.0 Å². The molecule has 34 heavy (non-hydrogen) atoms. The fraction of sp³-hybridized carbons (Fsp3) is 0.385. The molecule has 0 spiro atoms. The van der Waals surface area contributed by atoms with Crippen LogP contribution in [0.2, 0.25) is 0 Å². The molecule has 2 aliphatic heterocycles. The number of aromatic nitrogens is 1. The minimum Gasteiger partial charge on any atom is -0.356 e. The lowest BCUT2D eigenvalue weighted by Crippen LogP contribution is -2.65. The molecule has 1 saturated heterocycles. The number of nitro benzene ring substituents is 1. The van der Waals surface area contributed by atoms with E-state index in [1.165, 1.54) is 18.6 Å². The van der Waals surface area contributed by atoms with Crippen molar-refractivity contribution in [2.45, 2.75) is 56.7 Å². The van der Waals surface area contributed by atoms with E-state index >= 15 is 0 Å². The van der Waals surface area contributed by atoms with Crippen LogP contribution in [0, 0.1) is 10.1 Å². The first-order valence-corrected chi connectivity index (χ1v) is 12.0. The maximum atomic E-state index is 13.8. The molecule has 1 aliphatic carbocycles. The summed E-state index contributed by atoms with van der Waals surface area (Å²) in [7, 11) is 0. The van der Waals surface area contributed by atoms with Gasteiger partial charge in [0, 0.05) is 41.2 Å². The Morgan fingerprint density at radius 2 is 1.71 bits per heavy atom. The quantitative estimate of drug-likeness (QED) is 0.472. The van der Waals surface area contributed by atoms with E-state index in [0.29, 0.717) is 6.42 Å². The molecule has 2 aromatic carbocycles. The van der Waals surface area contributed by atoms with Crippen LogP contribution in [0.25, 0.3) is 10.9 Å². The third-order valence-electron chi connectivity index (χ3n) is 7.73. The average molecular weight is 459 g/mol. The molecule has 2 fully saturated rings. The Balaban J connectivity index is 1.47. The van der Waals surface area contributed by atoms with Gasteiger partial charge in [-0.2, -0.15) is 0 Å². The van der Waals surface area contributed by atoms with E-state index in [0.717, 1.165) is 53.4 Å². The lowest BCUT2D eigenvalue weighted by atomic mass is 9.85. The number of rotatable bonds is 3. The van der Waals surface area contributed by atoms with Gasteiger partial charge in [0.1, 0.15) is 12.6 Å². The molecule has 6 rings (SSSR count). The van der Waals surface area contributed by atoms with Gasteiger partial charge in [0.05, 0.1) is 11.0 Å². The van der Waals surface area contributed by atoms with Crippen LogP contribution in [0.4, 0.5) is 5.69 Å². The fourth-order valence-corrected chi connectivity index (χ4v) is 6.11. The summed E-state index contributed by atoms with van der Waals surface area (Å²) in [5.74, 6) is -0.0443. The second kappa shape index (κ2) is 7.97. The topological polar surface area (TPSA) is 99.5 Å². The molecule has 174 valence electrons. The number of benzene rings is 2. The Morgan fingerprint density at radius 1 is 0.971 bits per heavy atom. The number of amides is 2. The van der Waals surface area contributed by atoms with E-state index in [4.69, 9.17) is 0 Å². The minimum atomic E-state index is -0.574. The maximum Gasteiger partial charge on any atom is 0.269 e. The first kappa shape index (κ1) is 20.9. The van der Waals surface area contributed by atoms with Gasteiger partial charge >= 0.3 is 0 Å². The van der Waals surface area contributed by atoms with Gasteiger partial charge in [0.15, 0.2) is 0 Å². The zero-order chi connectivity index (χ0) is 23.4. The zero-order valence-corrected chi connectivity index (χ0v) is 18.8. The molecule has 3 aromatic rings. The highest BCUT2D eigenvalue weighted by Gasteiger charge is 2.49. The summed E-state index contributed by atoms with van der Waals surface area (Å²) in [6.07, 6.45) is 5.75. The summed E-state index contributed by atoms with van der Waals surface area (Å²) in [5, 5.41) is 12.3. The molecular weight excluding hydrogens is 432 g/mol. The second-order valence-electron chi connectivity index (χ2n) is 9.59. The Hall–Kier alpha value is -3.68. The third-order valence-corrected chi connectivity index (χ3v) is 7.73. The Bertz CT molecular complexity index is 1290. The zero-order valence-electron chi connectivity index (χ0n) is 18.8. The van der Waals surface area contributed by atoms with E-state index in [-0.39, 0.29) is 30.1 Å². The molecule has 8 heteroatoms. The van der Waals surface area contributed by atoms with E-state index in [2.05, 4.69) is 4.98 Å². The van der Waals surface area contributed by atoms with Gasteiger partial charge in [-0.05, 0) is 42.2 Å². The predicted molar refractivity (Wildman–Crippen MR) is 126 cm³/mol. The molecule has 1 aromatic heterocycles. The Labute approximate surface area is 196 Å². The van der Waals surface area contributed by atoms with Crippen LogP contribution in [0.15, 0.2) is 48.5 Å². The van der Waals surface area contributed by atoms with Crippen LogP contribution in [-0.4, -0.2) is 50.1 Å². The molecular formula is C26H26N4O4. The van der Waals surface area contributed by atoms with Gasteiger partial charge in [-0.25, -0.2) is 0 Å². The Morgan fingerprint density at radius 3 is 2.44 bits per heavy atom. The number of H-pyrrole nitrogens is 1. The largest absolute Gasteiger partial charge is 0.356 e. The Kier molecular flexibility index (Phi) is 4.90. The van der Waals surface area contributed by atoms with E-state index in [1.807, 2.05) is 29.2 Å². The van der Waals surface area contributed by atoms with E-state index in [9.17, 15) is 19.7 Å². The summed E-state index contributed by atoms with van der Waals surface area (Å²) < 4.78 is 0. The lowest BCUT2D eigenvalue weighted by Gasteiger charge is -2.49. The van der Waals surface area contributed by atoms with Crippen molar-refractivity contribution in [1.29, 1.82) is 0 Å². The van der Waals surface area contributed by atoms with Crippen LogP contribution in [0.5, 0.6) is 0 Å². The molecule has 0 bridgehead atoms. The summed E-state index contributed by atoms with van der Waals surface area (Å²) in [4.78, 5) is 45.3. The number of nitrogens with one attached hydrogen (secondary N) is 1. The number of hydrogen-bond donors (Lipinski definition) is 1. The molecule has 1 N–H and O–H groups in total. The van der Waals surface area contributed by atoms with Gasteiger partial charge in [0.2, 0.25) is 11.8 Å². The predicted octanol–water partition coefficient (Wildman–Crippen LogP) is 4.09. The molecule has 3 heterocycles. The van der Waals surface area contributed by atoms with Crippen molar-refractivity contribution in [3.8, 4) is 0 Å². The lowest BCUT2D eigenvalue weighted by molar-refractivity contribution is -0.384. The number of hydrogen-bond acceptors (Lipinski definition) is 4. The van der Waals surface area contributed by atoms with Crippen molar-refractivity contribution in [3.63, 3.8) is 0 Å². The van der Waals surface area contributed by atoms with Crippen molar-refractivity contribution in [2.75, 3.05) is 6.54 Å². The summed E-state index contributed by atoms with van der Waals surface area (Å²) >= 11 is 0. The molecule has 0 unspecified atom stereocenters. The van der Waals surface area contributed by atoms with E-state index in [1.54, 1.807) is 17.0 Å². The molecule has 3 aliphatic rings. The number of fused-ring (bicyclic) bond motifs is 4. The van der Waals surface area contributed by atoms with Crippen LogP contribution in [0.3, 0.4) is 0 Å². The highest BCUT2D eigenvalue weighted by Crippen LogP contribution is 2.43. The number of nitrogens with zero attached hydrogens (tertiary/aromatic N) is 3.